The van der Waals surface area contributed by atoms with Gasteiger partial charge in [0.1, 0.15) is 0 Å². The van der Waals surface area contributed by atoms with Crippen molar-refractivity contribution in [2.75, 3.05) is 4.90 Å². The molecule has 0 heterocycles. The number of anilines is 3. The van der Waals surface area contributed by atoms with Crippen LogP contribution in [0.4, 0.5) is 17.1 Å². The highest BCUT2D eigenvalue weighted by Gasteiger charge is 2.55. The molecule has 1 heteroatoms. The second-order valence-corrected chi connectivity index (χ2v) is 19.3. The molecule has 0 atom stereocenters. The quantitative estimate of drug-likeness (QED) is 0.160. The van der Waals surface area contributed by atoms with Gasteiger partial charge in [0.15, 0.2) is 0 Å². The Balaban J connectivity index is 1.07. The molecule has 318 valence electrons. The number of hydrogen-bond donors (Lipinski definition) is 0. The normalized spacial score (nSPS) is 14.3. The summed E-state index contributed by atoms with van der Waals surface area (Å²) >= 11 is 0. The third-order valence-corrected chi connectivity index (χ3v) is 16.5. The third-order valence-electron chi connectivity index (χ3n) is 16.5. The van der Waals surface area contributed by atoms with Crippen LogP contribution in [0.25, 0.3) is 76.8 Å². The summed E-state index contributed by atoms with van der Waals surface area (Å²) in [7, 11) is 0. The van der Waals surface area contributed by atoms with Gasteiger partial charge in [0, 0.05) is 16.8 Å². The van der Waals surface area contributed by atoms with E-state index in [2.05, 4.69) is 254 Å². The molecule has 0 saturated heterocycles. The predicted molar refractivity (Wildman–Crippen MR) is 286 cm³/mol. The van der Waals surface area contributed by atoms with Crippen LogP contribution < -0.4 is 4.90 Å². The van der Waals surface area contributed by atoms with Gasteiger partial charge in [0.2, 0.25) is 0 Å². The van der Waals surface area contributed by atoms with Gasteiger partial charge >= 0.3 is 0 Å². The third kappa shape index (κ3) is 4.47. The molecule has 1 nitrogen and oxygen atoms in total. The monoisotopic (exact) mass is 871 g/mol. The van der Waals surface area contributed by atoms with Gasteiger partial charge in [-0.15, -0.1) is 0 Å². The lowest BCUT2D eigenvalue weighted by molar-refractivity contribution is 0.791. The highest BCUT2D eigenvalue weighted by Crippen LogP contribution is 2.68. The molecule has 2 spiro atoms. The Labute approximate surface area is 400 Å². The average Bonchev–Trinajstić information content (AvgIpc) is 4.11. The number of nitrogens with zero attached hydrogens (tertiary/aromatic N) is 1. The fraction of sp³-hybridized carbons (Fsp3) is 0.0294. The lowest BCUT2D eigenvalue weighted by Gasteiger charge is -2.37. The number of hydrogen-bond acceptors (Lipinski definition) is 1. The Hall–Kier alpha value is -8.78. The van der Waals surface area contributed by atoms with Crippen LogP contribution in [0, 0.1) is 0 Å². The maximum Gasteiger partial charge on any atom is 0.0746 e. The van der Waals surface area contributed by atoms with Crippen LogP contribution in [-0.4, -0.2) is 0 Å². The highest BCUT2D eigenvalue weighted by molar-refractivity contribution is 6.26. The van der Waals surface area contributed by atoms with Crippen molar-refractivity contribution >= 4 is 49.4 Å². The summed E-state index contributed by atoms with van der Waals surface area (Å²) in [6.45, 7) is 0. The second kappa shape index (κ2) is 13.4. The first-order valence-corrected chi connectivity index (χ1v) is 24.3. The topological polar surface area (TPSA) is 3.24 Å². The minimum absolute atomic E-state index is 0.487. The van der Waals surface area contributed by atoms with Crippen LogP contribution >= 0.6 is 0 Å². The largest absolute Gasteiger partial charge is 0.309 e. The van der Waals surface area contributed by atoms with Crippen LogP contribution in [0.2, 0.25) is 0 Å². The van der Waals surface area contributed by atoms with Gasteiger partial charge in [-0.1, -0.05) is 224 Å². The molecule has 0 bridgehead atoms. The molecule has 4 aliphatic carbocycles. The Morgan fingerprint density at radius 3 is 1.10 bits per heavy atom. The van der Waals surface area contributed by atoms with Gasteiger partial charge in [-0.2, -0.15) is 0 Å². The molecule has 0 aromatic heterocycles. The van der Waals surface area contributed by atoms with Gasteiger partial charge in [-0.05, 0) is 134 Å². The predicted octanol–water partition coefficient (Wildman–Crippen LogP) is 17.3. The van der Waals surface area contributed by atoms with Crippen molar-refractivity contribution < 1.29 is 0 Å². The molecular weight excluding hydrogens is 831 g/mol. The van der Waals surface area contributed by atoms with E-state index in [1.165, 1.54) is 133 Å². The van der Waals surface area contributed by atoms with Crippen molar-refractivity contribution in [2.45, 2.75) is 10.8 Å². The van der Waals surface area contributed by atoms with E-state index in [1.54, 1.807) is 0 Å². The van der Waals surface area contributed by atoms with Crippen LogP contribution in [0.5, 0.6) is 0 Å². The Morgan fingerprint density at radius 1 is 0.232 bits per heavy atom. The highest BCUT2D eigenvalue weighted by atomic mass is 15.2. The molecule has 16 rings (SSSR count). The standard InChI is InChI=1S/C68H41N/c1-2-21-45-43(19-1)44-20-3-4-22-46(44)55-41-42(39-40-47(45)55)69(63-37-18-36-62-65(63)54-28-10-16-35-61(54)67(62)56-30-11-5-23-48(56)49-24-6-12-31-57(49)67)64-38-17-29-53-52-27-9-15-34-60(52)68(66(53)64)58-32-13-7-25-50(58)51-26-8-14-33-59(51)68/h1-41H. The molecule has 0 unspecified atom stereocenters. The maximum absolute atomic E-state index is 2.65. The fourth-order valence-corrected chi connectivity index (χ4v) is 14.1. The minimum atomic E-state index is -0.561. The van der Waals surface area contributed by atoms with Gasteiger partial charge in [0.05, 0.1) is 22.2 Å². The lowest BCUT2D eigenvalue weighted by Crippen LogP contribution is -2.28. The molecule has 12 aromatic rings. The van der Waals surface area contributed by atoms with E-state index in [-0.39, 0.29) is 0 Å². The van der Waals surface area contributed by atoms with Crippen molar-refractivity contribution in [1.82, 2.24) is 0 Å². The molecule has 12 aromatic carbocycles. The van der Waals surface area contributed by atoms with Crippen molar-refractivity contribution in [3.63, 3.8) is 0 Å². The van der Waals surface area contributed by atoms with E-state index in [1.807, 2.05) is 0 Å². The molecule has 0 amide bonds. The van der Waals surface area contributed by atoms with E-state index in [0.29, 0.717) is 0 Å². The van der Waals surface area contributed by atoms with Crippen molar-refractivity contribution in [3.8, 4) is 44.5 Å². The zero-order valence-electron chi connectivity index (χ0n) is 37.6. The van der Waals surface area contributed by atoms with E-state index in [0.717, 1.165) is 5.69 Å². The lowest BCUT2D eigenvalue weighted by atomic mass is 9.70. The molecule has 0 aliphatic heterocycles. The molecule has 69 heavy (non-hydrogen) atoms. The molecule has 4 aliphatic rings. The number of rotatable bonds is 3. The second-order valence-electron chi connectivity index (χ2n) is 19.3. The first-order chi connectivity index (χ1) is 34.3. The minimum Gasteiger partial charge on any atom is -0.309 e. The zero-order valence-corrected chi connectivity index (χ0v) is 37.6. The summed E-state index contributed by atoms with van der Waals surface area (Å²) in [6, 6.07) is 94.5. The van der Waals surface area contributed by atoms with E-state index < -0.39 is 10.8 Å². The fourth-order valence-electron chi connectivity index (χ4n) is 14.1. The number of benzene rings is 12. The van der Waals surface area contributed by atoms with E-state index in [4.69, 9.17) is 0 Å². The van der Waals surface area contributed by atoms with Gasteiger partial charge in [-0.25, -0.2) is 0 Å². The summed E-state index contributed by atoms with van der Waals surface area (Å²) in [5, 5.41) is 7.59. The first-order valence-electron chi connectivity index (χ1n) is 24.3. The smallest absolute Gasteiger partial charge is 0.0746 e. The van der Waals surface area contributed by atoms with Crippen LogP contribution in [0.3, 0.4) is 0 Å². The SMILES string of the molecule is c1ccc2c(c1)-c1ccccc1C21c2ccccc2-c2c(N(c3ccc4c5ccccc5c5ccccc5c4c3)c3cccc4c3C3(c5ccccc5-c5ccccc53)c3ccccc3-4)cccc21. The summed E-state index contributed by atoms with van der Waals surface area (Å²) < 4.78 is 0. The summed E-state index contributed by atoms with van der Waals surface area (Å²) in [5.74, 6) is 0. The summed E-state index contributed by atoms with van der Waals surface area (Å²) in [5.41, 5.74) is 23.5. The first kappa shape index (κ1) is 37.3. The molecular formula is C68H41N. The molecule has 0 saturated carbocycles. The van der Waals surface area contributed by atoms with Gasteiger partial charge in [-0.3, -0.25) is 0 Å². The zero-order chi connectivity index (χ0) is 45.0. The van der Waals surface area contributed by atoms with Crippen molar-refractivity contribution in [1.29, 1.82) is 0 Å². The van der Waals surface area contributed by atoms with Crippen LogP contribution in [-0.2, 0) is 10.8 Å². The average molecular weight is 872 g/mol. The molecule has 0 radical (unpaired) electrons. The van der Waals surface area contributed by atoms with Crippen LogP contribution in [0.15, 0.2) is 249 Å². The number of fused-ring (bicyclic) bond motifs is 26. The molecule has 0 fully saturated rings. The van der Waals surface area contributed by atoms with Gasteiger partial charge < -0.3 is 4.90 Å². The van der Waals surface area contributed by atoms with Crippen molar-refractivity contribution in [3.05, 3.63) is 293 Å². The van der Waals surface area contributed by atoms with Crippen molar-refractivity contribution in [2.24, 2.45) is 0 Å². The summed E-state index contributed by atoms with van der Waals surface area (Å²) in [6.07, 6.45) is 0. The Morgan fingerprint density at radius 2 is 0.580 bits per heavy atom. The Kier molecular flexibility index (Phi) is 7.27. The maximum atomic E-state index is 2.65. The molecule has 0 N–H and O–H groups in total. The Bertz CT molecular complexity index is 4080. The van der Waals surface area contributed by atoms with Gasteiger partial charge in [0.25, 0.3) is 0 Å². The van der Waals surface area contributed by atoms with Crippen LogP contribution in [0.1, 0.15) is 44.5 Å². The van der Waals surface area contributed by atoms with E-state index >= 15 is 0 Å². The summed E-state index contributed by atoms with van der Waals surface area (Å²) in [4.78, 5) is 2.65. The van der Waals surface area contributed by atoms with E-state index in [9.17, 15) is 0 Å².